The highest BCUT2D eigenvalue weighted by atomic mass is 16.5. The molecule has 1 atom stereocenters. The van der Waals surface area contributed by atoms with Crippen molar-refractivity contribution in [3.05, 3.63) is 0 Å². The number of likely N-dealkylation sites (N-methyl/N-ethyl adjacent to an activating group) is 1. The SMILES string of the molecule is CC.CCCOC(=O)C(NC)C(C)C. The summed E-state index contributed by atoms with van der Waals surface area (Å²) in [6.45, 7) is 10.5. The van der Waals surface area contributed by atoms with Crippen LogP contribution in [0.4, 0.5) is 0 Å². The fourth-order valence-electron chi connectivity index (χ4n) is 1.02. The third-order valence-electron chi connectivity index (χ3n) is 1.68. The molecule has 1 N–H and O–H groups in total. The lowest BCUT2D eigenvalue weighted by atomic mass is 10.1. The molecule has 0 radical (unpaired) electrons. The fraction of sp³-hybridized carbons (Fsp3) is 0.909. The van der Waals surface area contributed by atoms with Crippen LogP contribution in [0.25, 0.3) is 0 Å². The Hall–Kier alpha value is -0.570. The second-order valence-electron chi connectivity index (χ2n) is 3.18. The molecule has 14 heavy (non-hydrogen) atoms. The first-order valence-corrected chi connectivity index (χ1v) is 5.47. The summed E-state index contributed by atoms with van der Waals surface area (Å²) in [4.78, 5) is 11.3. The van der Waals surface area contributed by atoms with E-state index in [1.54, 1.807) is 7.05 Å². The van der Waals surface area contributed by atoms with E-state index in [4.69, 9.17) is 4.74 Å². The van der Waals surface area contributed by atoms with Crippen LogP contribution in [-0.2, 0) is 9.53 Å². The van der Waals surface area contributed by atoms with Gasteiger partial charge in [-0.1, -0.05) is 34.6 Å². The lowest BCUT2D eigenvalue weighted by Crippen LogP contribution is -2.39. The summed E-state index contributed by atoms with van der Waals surface area (Å²) in [5.74, 6) is 0.133. The number of ether oxygens (including phenoxy) is 1. The summed E-state index contributed by atoms with van der Waals surface area (Å²) in [6, 6.07) is -0.170. The second kappa shape index (κ2) is 10.5. The molecule has 3 nitrogen and oxygen atoms in total. The molecular formula is C11H25NO2. The molecule has 0 aromatic heterocycles. The van der Waals surface area contributed by atoms with Crippen LogP contribution in [0.2, 0.25) is 0 Å². The van der Waals surface area contributed by atoms with Gasteiger partial charge in [0.1, 0.15) is 6.04 Å². The minimum absolute atomic E-state index is 0.144. The Labute approximate surface area is 88.2 Å². The van der Waals surface area contributed by atoms with Crippen molar-refractivity contribution in [1.29, 1.82) is 0 Å². The van der Waals surface area contributed by atoms with Crippen LogP contribution in [0, 0.1) is 5.92 Å². The molecule has 0 saturated carbocycles. The van der Waals surface area contributed by atoms with Gasteiger partial charge in [0.2, 0.25) is 0 Å². The summed E-state index contributed by atoms with van der Waals surface area (Å²) in [6.07, 6.45) is 0.875. The van der Waals surface area contributed by atoms with Crippen molar-refractivity contribution in [3.63, 3.8) is 0 Å². The zero-order chi connectivity index (χ0) is 11.6. The number of carbonyl (C=O) groups excluding carboxylic acids is 1. The third-order valence-corrected chi connectivity index (χ3v) is 1.68. The Morgan fingerprint density at radius 3 is 2.14 bits per heavy atom. The zero-order valence-corrected chi connectivity index (χ0v) is 10.4. The average molecular weight is 203 g/mol. The van der Waals surface area contributed by atoms with Gasteiger partial charge in [-0.2, -0.15) is 0 Å². The van der Waals surface area contributed by atoms with Crippen LogP contribution in [-0.4, -0.2) is 25.7 Å². The maximum absolute atomic E-state index is 11.3. The Morgan fingerprint density at radius 2 is 1.86 bits per heavy atom. The molecule has 0 aliphatic rings. The molecule has 0 bridgehead atoms. The Balaban J connectivity index is 0. The molecule has 0 fully saturated rings. The van der Waals surface area contributed by atoms with Crippen molar-refractivity contribution in [1.82, 2.24) is 5.32 Å². The van der Waals surface area contributed by atoms with Crippen molar-refractivity contribution >= 4 is 5.97 Å². The predicted molar refractivity (Wildman–Crippen MR) is 60.3 cm³/mol. The van der Waals surface area contributed by atoms with Gasteiger partial charge in [-0.3, -0.25) is 4.79 Å². The number of rotatable bonds is 5. The van der Waals surface area contributed by atoms with Crippen molar-refractivity contribution in [3.8, 4) is 0 Å². The van der Waals surface area contributed by atoms with E-state index in [-0.39, 0.29) is 17.9 Å². The number of carbonyl (C=O) groups is 1. The van der Waals surface area contributed by atoms with E-state index in [1.165, 1.54) is 0 Å². The zero-order valence-electron chi connectivity index (χ0n) is 10.4. The summed E-state index contributed by atoms with van der Waals surface area (Å²) in [5, 5.41) is 2.94. The Morgan fingerprint density at radius 1 is 1.36 bits per heavy atom. The van der Waals surface area contributed by atoms with Crippen molar-refractivity contribution in [2.45, 2.75) is 47.1 Å². The monoisotopic (exact) mass is 203 g/mol. The molecule has 3 heteroatoms. The van der Waals surface area contributed by atoms with E-state index in [2.05, 4.69) is 5.32 Å². The van der Waals surface area contributed by atoms with Crippen molar-refractivity contribution in [2.24, 2.45) is 5.92 Å². The molecule has 1 unspecified atom stereocenters. The molecule has 0 spiro atoms. The number of hydrogen-bond acceptors (Lipinski definition) is 3. The van der Waals surface area contributed by atoms with Gasteiger partial charge in [0.25, 0.3) is 0 Å². The number of nitrogens with one attached hydrogen (secondary N) is 1. The first kappa shape index (κ1) is 15.9. The van der Waals surface area contributed by atoms with Crippen LogP contribution < -0.4 is 5.32 Å². The Kier molecular flexibility index (Phi) is 11.9. The molecule has 0 aromatic rings. The Bertz CT molecular complexity index is 135. The first-order valence-electron chi connectivity index (χ1n) is 5.47. The van der Waals surface area contributed by atoms with Crippen LogP contribution >= 0.6 is 0 Å². The van der Waals surface area contributed by atoms with Crippen molar-refractivity contribution < 1.29 is 9.53 Å². The maximum atomic E-state index is 11.3. The van der Waals surface area contributed by atoms with Gasteiger partial charge >= 0.3 is 5.97 Å². The summed E-state index contributed by atoms with van der Waals surface area (Å²) in [7, 11) is 1.78. The van der Waals surface area contributed by atoms with Gasteiger partial charge in [0.15, 0.2) is 0 Å². The molecule has 0 amide bonds. The van der Waals surface area contributed by atoms with Gasteiger partial charge in [-0.15, -0.1) is 0 Å². The maximum Gasteiger partial charge on any atom is 0.323 e. The van der Waals surface area contributed by atoms with Crippen LogP contribution in [0.3, 0.4) is 0 Å². The molecule has 0 aliphatic carbocycles. The standard InChI is InChI=1S/C9H19NO2.C2H6/c1-5-6-12-9(11)8(10-4)7(2)3;1-2/h7-8,10H,5-6H2,1-4H3;1-2H3. The van der Waals surface area contributed by atoms with E-state index in [9.17, 15) is 4.79 Å². The lowest BCUT2D eigenvalue weighted by molar-refractivity contribution is -0.147. The minimum atomic E-state index is -0.170. The van der Waals surface area contributed by atoms with E-state index < -0.39 is 0 Å². The van der Waals surface area contributed by atoms with E-state index in [1.807, 2.05) is 34.6 Å². The summed E-state index contributed by atoms with van der Waals surface area (Å²) < 4.78 is 5.00. The van der Waals surface area contributed by atoms with Gasteiger partial charge in [0, 0.05) is 0 Å². The van der Waals surface area contributed by atoms with E-state index >= 15 is 0 Å². The van der Waals surface area contributed by atoms with Gasteiger partial charge in [0.05, 0.1) is 6.61 Å². The quantitative estimate of drug-likeness (QED) is 0.696. The highest BCUT2D eigenvalue weighted by Crippen LogP contribution is 2.03. The second-order valence-corrected chi connectivity index (χ2v) is 3.18. The molecular weight excluding hydrogens is 178 g/mol. The van der Waals surface area contributed by atoms with Gasteiger partial charge < -0.3 is 10.1 Å². The topological polar surface area (TPSA) is 38.3 Å². The number of hydrogen-bond donors (Lipinski definition) is 1. The average Bonchev–Trinajstić information content (AvgIpc) is 2.18. The highest BCUT2D eigenvalue weighted by Gasteiger charge is 2.20. The third kappa shape index (κ3) is 6.89. The molecule has 0 aromatic carbocycles. The molecule has 86 valence electrons. The number of esters is 1. The van der Waals surface area contributed by atoms with Crippen LogP contribution in [0.15, 0.2) is 0 Å². The van der Waals surface area contributed by atoms with E-state index in [0.29, 0.717) is 6.61 Å². The summed E-state index contributed by atoms with van der Waals surface area (Å²) in [5.41, 5.74) is 0. The molecule has 0 heterocycles. The predicted octanol–water partition coefficient (Wildman–Crippen LogP) is 2.21. The largest absolute Gasteiger partial charge is 0.465 e. The molecule has 0 aliphatic heterocycles. The van der Waals surface area contributed by atoms with Gasteiger partial charge in [-0.05, 0) is 19.4 Å². The van der Waals surface area contributed by atoms with Crippen LogP contribution in [0.5, 0.6) is 0 Å². The van der Waals surface area contributed by atoms with E-state index in [0.717, 1.165) is 6.42 Å². The highest BCUT2D eigenvalue weighted by molar-refractivity contribution is 5.76. The smallest absolute Gasteiger partial charge is 0.323 e. The summed E-state index contributed by atoms with van der Waals surface area (Å²) >= 11 is 0. The molecule has 0 rings (SSSR count). The van der Waals surface area contributed by atoms with Crippen LogP contribution in [0.1, 0.15) is 41.0 Å². The van der Waals surface area contributed by atoms with Crippen molar-refractivity contribution in [2.75, 3.05) is 13.7 Å². The van der Waals surface area contributed by atoms with Gasteiger partial charge in [-0.25, -0.2) is 0 Å². The lowest BCUT2D eigenvalue weighted by Gasteiger charge is -2.17. The normalized spacial score (nSPS) is 11.6. The minimum Gasteiger partial charge on any atom is -0.465 e. The molecule has 0 saturated heterocycles. The first-order chi connectivity index (χ1) is 6.63. The fourth-order valence-corrected chi connectivity index (χ4v) is 1.02.